The molecule has 1 unspecified atom stereocenters. The standard InChI is InChI=1S/C10H17ClO2/c1-7(2)9(12)5-4-8(3)10(13)6-11/h7-8H,4-6H2,1-3H3. The molecule has 0 aromatic carbocycles. The molecule has 0 aromatic rings. The Labute approximate surface area is 84.7 Å². The van der Waals surface area contributed by atoms with Gasteiger partial charge >= 0.3 is 0 Å². The Balaban J connectivity index is 3.76. The van der Waals surface area contributed by atoms with E-state index < -0.39 is 0 Å². The first-order valence-electron chi connectivity index (χ1n) is 4.60. The van der Waals surface area contributed by atoms with Gasteiger partial charge in [-0.15, -0.1) is 11.6 Å². The molecule has 76 valence electrons. The predicted molar refractivity (Wildman–Crippen MR) is 54.0 cm³/mol. The maximum absolute atomic E-state index is 11.2. The molecule has 0 aromatic heterocycles. The normalized spacial score (nSPS) is 13.0. The molecule has 13 heavy (non-hydrogen) atoms. The summed E-state index contributed by atoms with van der Waals surface area (Å²) in [5, 5.41) is 0. The number of Topliss-reactive ketones (excluding diaryl/α,β-unsaturated/α-hetero) is 2. The molecule has 0 aliphatic heterocycles. The van der Waals surface area contributed by atoms with Crippen molar-refractivity contribution in [3.63, 3.8) is 0 Å². The molecule has 0 spiro atoms. The number of rotatable bonds is 6. The smallest absolute Gasteiger partial charge is 0.150 e. The Bertz CT molecular complexity index is 187. The molecule has 1 atom stereocenters. The highest BCUT2D eigenvalue weighted by atomic mass is 35.5. The number of hydrogen-bond acceptors (Lipinski definition) is 2. The van der Waals surface area contributed by atoms with Gasteiger partial charge in [-0.1, -0.05) is 20.8 Å². The molecule has 0 radical (unpaired) electrons. The minimum atomic E-state index is -0.0831. The second-order valence-corrected chi connectivity index (χ2v) is 3.93. The fraction of sp³-hybridized carbons (Fsp3) is 0.800. The minimum absolute atomic E-state index is 0.0261. The third-order valence-corrected chi connectivity index (χ3v) is 2.41. The van der Waals surface area contributed by atoms with Crippen LogP contribution in [0.25, 0.3) is 0 Å². The van der Waals surface area contributed by atoms with Crippen molar-refractivity contribution in [3.8, 4) is 0 Å². The predicted octanol–water partition coefficient (Wildman–Crippen LogP) is 2.44. The highest BCUT2D eigenvalue weighted by Crippen LogP contribution is 2.11. The lowest BCUT2D eigenvalue weighted by molar-refractivity contribution is -0.123. The number of carbonyl (C=O) groups excluding carboxylic acids is 2. The average molecular weight is 205 g/mol. The molecule has 0 aliphatic carbocycles. The molecule has 0 saturated heterocycles. The first-order valence-corrected chi connectivity index (χ1v) is 5.13. The van der Waals surface area contributed by atoms with Crippen molar-refractivity contribution in [2.24, 2.45) is 11.8 Å². The van der Waals surface area contributed by atoms with E-state index in [1.165, 1.54) is 0 Å². The van der Waals surface area contributed by atoms with Crippen LogP contribution >= 0.6 is 11.6 Å². The third-order valence-electron chi connectivity index (χ3n) is 2.15. The Hall–Kier alpha value is -0.370. The van der Waals surface area contributed by atoms with E-state index in [0.717, 1.165) is 0 Å². The summed E-state index contributed by atoms with van der Waals surface area (Å²) in [7, 11) is 0. The van der Waals surface area contributed by atoms with Crippen LogP contribution in [0.3, 0.4) is 0 Å². The van der Waals surface area contributed by atoms with Crippen LogP contribution in [-0.2, 0) is 9.59 Å². The minimum Gasteiger partial charge on any atom is -0.299 e. The zero-order chi connectivity index (χ0) is 10.4. The van der Waals surface area contributed by atoms with Gasteiger partial charge in [0, 0.05) is 18.3 Å². The second kappa shape index (κ2) is 6.14. The lowest BCUT2D eigenvalue weighted by atomic mass is 9.96. The summed E-state index contributed by atoms with van der Waals surface area (Å²) < 4.78 is 0. The van der Waals surface area contributed by atoms with Gasteiger partial charge in [0.15, 0.2) is 0 Å². The van der Waals surface area contributed by atoms with Crippen molar-refractivity contribution in [3.05, 3.63) is 0 Å². The van der Waals surface area contributed by atoms with Crippen LogP contribution in [-0.4, -0.2) is 17.4 Å². The van der Waals surface area contributed by atoms with E-state index in [1.807, 2.05) is 20.8 Å². The van der Waals surface area contributed by atoms with Crippen LogP contribution in [0, 0.1) is 11.8 Å². The van der Waals surface area contributed by atoms with Crippen molar-refractivity contribution in [1.82, 2.24) is 0 Å². The molecule has 0 aliphatic rings. The van der Waals surface area contributed by atoms with Crippen molar-refractivity contribution in [2.75, 3.05) is 5.88 Å². The molecule has 0 fully saturated rings. The number of carbonyl (C=O) groups is 2. The molecule has 0 saturated carbocycles. The Morgan fingerprint density at radius 1 is 1.15 bits per heavy atom. The highest BCUT2D eigenvalue weighted by molar-refractivity contribution is 6.27. The molecular formula is C10H17ClO2. The van der Waals surface area contributed by atoms with Crippen LogP contribution in [0.5, 0.6) is 0 Å². The van der Waals surface area contributed by atoms with Crippen molar-refractivity contribution >= 4 is 23.2 Å². The van der Waals surface area contributed by atoms with Crippen molar-refractivity contribution < 1.29 is 9.59 Å². The number of alkyl halides is 1. The van der Waals surface area contributed by atoms with E-state index in [-0.39, 0.29) is 29.3 Å². The van der Waals surface area contributed by atoms with E-state index >= 15 is 0 Å². The van der Waals surface area contributed by atoms with Crippen LogP contribution < -0.4 is 0 Å². The summed E-state index contributed by atoms with van der Waals surface area (Å²) in [4.78, 5) is 22.3. The van der Waals surface area contributed by atoms with E-state index in [9.17, 15) is 9.59 Å². The SMILES string of the molecule is CC(C)C(=O)CCC(C)C(=O)CCl. The van der Waals surface area contributed by atoms with Gasteiger partial charge in [0.2, 0.25) is 0 Å². The quantitative estimate of drug-likeness (QED) is 0.623. The summed E-state index contributed by atoms with van der Waals surface area (Å²) >= 11 is 5.39. The largest absolute Gasteiger partial charge is 0.299 e. The molecule has 3 heteroatoms. The van der Waals surface area contributed by atoms with Gasteiger partial charge in [0.25, 0.3) is 0 Å². The summed E-state index contributed by atoms with van der Waals surface area (Å²) in [6.45, 7) is 5.56. The highest BCUT2D eigenvalue weighted by Gasteiger charge is 2.14. The fourth-order valence-electron chi connectivity index (χ4n) is 0.940. The molecule has 2 nitrogen and oxygen atoms in total. The second-order valence-electron chi connectivity index (χ2n) is 3.66. The Morgan fingerprint density at radius 2 is 1.69 bits per heavy atom. The van der Waals surface area contributed by atoms with Gasteiger partial charge in [-0.2, -0.15) is 0 Å². The molecular weight excluding hydrogens is 188 g/mol. The van der Waals surface area contributed by atoms with Crippen LogP contribution in [0.1, 0.15) is 33.6 Å². The van der Waals surface area contributed by atoms with Crippen molar-refractivity contribution in [1.29, 1.82) is 0 Å². The molecule has 0 bridgehead atoms. The lowest BCUT2D eigenvalue weighted by Crippen LogP contribution is -2.15. The van der Waals surface area contributed by atoms with Gasteiger partial charge < -0.3 is 0 Å². The number of halogens is 1. The summed E-state index contributed by atoms with van der Waals surface area (Å²) in [6.07, 6.45) is 1.12. The molecule has 0 rings (SSSR count). The Morgan fingerprint density at radius 3 is 2.08 bits per heavy atom. The fourth-order valence-corrected chi connectivity index (χ4v) is 1.20. The van der Waals surface area contributed by atoms with E-state index in [2.05, 4.69) is 0 Å². The molecule has 0 amide bonds. The van der Waals surface area contributed by atoms with Crippen molar-refractivity contribution in [2.45, 2.75) is 33.6 Å². The van der Waals surface area contributed by atoms with E-state index in [1.54, 1.807) is 0 Å². The monoisotopic (exact) mass is 204 g/mol. The van der Waals surface area contributed by atoms with Gasteiger partial charge in [-0.3, -0.25) is 9.59 Å². The first kappa shape index (κ1) is 12.6. The summed E-state index contributed by atoms with van der Waals surface area (Å²) in [6, 6.07) is 0. The first-order chi connectivity index (χ1) is 5.99. The van der Waals surface area contributed by atoms with E-state index in [0.29, 0.717) is 12.8 Å². The number of hydrogen-bond donors (Lipinski definition) is 0. The topological polar surface area (TPSA) is 34.1 Å². The summed E-state index contributed by atoms with van der Waals surface area (Å²) in [5.41, 5.74) is 0. The molecule has 0 heterocycles. The molecule has 0 N–H and O–H groups in total. The van der Waals surface area contributed by atoms with Crippen LogP contribution in [0.15, 0.2) is 0 Å². The number of ketones is 2. The third kappa shape index (κ3) is 5.04. The lowest BCUT2D eigenvalue weighted by Gasteiger charge is -2.08. The maximum Gasteiger partial charge on any atom is 0.150 e. The van der Waals surface area contributed by atoms with E-state index in [4.69, 9.17) is 11.6 Å². The van der Waals surface area contributed by atoms with Crippen LogP contribution in [0.4, 0.5) is 0 Å². The van der Waals surface area contributed by atoms with Gasteiger partial charge in [-0.25, -0.2) is 0 Å². The summed E-state index contributed by atoms with van der Waals surface area (Å²) in [5.74, 6) is 0.280. The maximum atomic E-state index is 11.2. The zero-order valence-electron chi connectivity index (χ0n) is 8.47. The average Bonchev–Trinajstić information content (AvgIpc) is 2.11. The van der Waals surface area contributed by atoms with Gasteiger partial charge in [0.1, 0.15) is 11.6 Å². The Kier molecular flexibility index (Phi) is 5.97. The van der Waals surface area contributed by atoms with Gasteiger partial charge in [0.05, 0.1) is 5.88 Å². The zero-order valence-corrected chi connectivity index (χ0v) is 9.23. The van der Waals surface area contributed by atoms with Crippen LogP contribution in [0.2, 0.25) is 0 Å². The van der Waals surface area contributed by atoms with Gasteiger partial charge in [-0.05, 0) is 6.42 Å².